The molecule has 2 rings (SSSR count). The van der Waals surface area contributed by atoms with Gasteiger partial charge in [0.25, 0.3) is 5.91 Å². The number of hydrogen-bond acceptors (Lipinski definition) is 9. The standard InChI is InChI=1S/C11H20N2O4.C9H15NO4.C2H7NO.CH2Cl2.CH3.ClH.HI/c1-11(2,3)17-10(15)13-6-8(7-13)9(14)12(4)16-5;1-9(2,3)14-8(13)10-4-6(5-10)7(11)12;1-3-4-2;2-1-3;;;/h8H,6-7H2,1-5H3;6H,4-5H2,1-3H3,(H,11,12);3H,1-2H3;1H2;1H3;2*1H/q;;;;-1;;/p-1. The van der Waals surface area contributed by atoms with Crippen LogP contribution in [0.1, 0.15) is 41.5 Å². The van der Waals surface area contributed by atoms with Crippen molar-refractivity contribution in [3.63, 3.8) is 0 Å². The van der Waals surface area contributed by atoms with Gasteiger partial charge >= 0.3 is 18.2 Å². The van der Waals surface area contributed by atoms with Crippen molar-refractivity contribution in [3.8, 4) is 0 Å². The third-order valence-corrected chi connectivity index (χ3v) is 4.55. The van der Waals surface area contributed by atoms with Gasteiger partial charge in [-0.05, 0) is 41.5 Å². The summed E-state index contributed by atoms with van der Waals surface area (Å²) in [7, 11) is 6.26. The fourth-order valence-electron chi connectivity index (χ4n) is 2.57. The van der Waals surface area contributed by atoms with Crippen molar-refractivity contribution in [1.82, 2.24) is 20.3 Å². The SMILES string of the molecule is CC(C)(C)OC(=O)N1CC(C(=O)O)C1.CNOC.CON(C)C(=O)C1CN(C(=O)OC(C)(C)C)C1.Cl.ClCCl.[CH3-].[I-]. The average molecular weight is 770 g/mol. The lowest BCUT2D eigenvalue weighted by Crippen LogP contribution is -3.00. The summed E-state index contributed by atoms with van der Waals surface area (Å²) in [6.45, 7) is 12.1. The average Bonchev–Trinajstić information content (AvgIpc) is 2.69. The molecule has 0 spiro atoms. The van der Waals surface area contributed by atoms with Gasteiger partial charge in [0.2, 0.25) is 0 Å². The van der Waals surface area contributed by atoms with E-state index in [9.17, 15) is 19.2 Å². The molecule has 0 aromatic heterocycles. The number of rotatable bonds is 4. The predicted octanol–water partition coefficient (Wildman–Crippen LogP) is 0.876. The number of alkyl halides is 2. The molecular weight excluding hydrogens is 722 g/mol. The molecule has 0 saturated carbocycles. The van der Waals surface area contributed by atoms with Crippen molar-refractivity contribution in [1.29, 1.82) is 0 Å². The van der Waals surface area contributed by atoms with E-state index in [4.69, 9.17) is 42.6 Å². The molecule has 2 aliphatic heterocycles. The van der Waals surface area contributed by atoms with Crippen LogP contribution in [0, 0.1) is 19.3 Å². The number of carbonyl (C=O) groups is 4. The second-order valence-electron chi connectivity index (χ2n) is 10.0. The van der Waals surface area contributed by atoms with Gasteiger partial charge in [-0.15, -0.1) is 35.6 Å². The number of nitrogens with zero attached hydrogens (tertiary/aromatic N) is 3. The van der Waals surface area contributed by atoms with Crippen LogP contribution >= 0.6 is 35.6 Å². The van der Waals surface area contributed by atoms with E-state index < -0.39 is 29.2 Å². The minimum atomic E-state index is -0.857. The third-order valence-electron chi connectivity index (χ3n) is 4.55. The number of carbonyl (C=O) groups excluding carboxylic acids is 3. The fraction of sp³-hybridized carbons (Fsp3) is 0.792. The Hall–Kier alpha value is -1.04. The Labute approximate surface area is 278 Å². The molecular formula is C24H48Cl3IN4O9-2. The molecule has 0 aliphatic carbocycles. The minimum absolute atomic E-state index is 0. The molecule has 0 radical (unpaired) electrons. The summed E-state index contributed by atoms with van der Waals surface area (Å²) < 4.78 is 10.3. The molecule has 0 unspecified atom stereocenters. The number of aliphatic carboxylic acids is 1. The Kier molecular flexibility index (Phi) is 29.5. The first kappa shape index (κ1) is 49.6. The van der Waals surface area contributed by atoms with Crippen LogP contribution in [0.25, 0.3) is 0 Å². The van der Waals surface area contributed by atoms with Gasteiger partial charge in [0, 0.05) is 40.3 Å². The Morgan fingerprint density at radius 3 is 1.39 bits per heavy atom. The van der Waals surface area contributed by atoms with Gasteiger partial charge < -0.3 is 60.6 Å². The summed E-state index contributed by atoms with van der Waals surface area (Å²) in [6, 6.07) is 0. The molecule has 0 aromatic carbocycles. The molecule has 17 heteroatoms. The summed E-state index contributed by atoms with van der Waals surface area (Å²) in [5, 5.41) is 9.96. The van der Waals surface area contributed by atoms with Crippen LogP contribution < -0.4 is 29.5 Å². The van der Waals surface area contributed by atoms with Crippen LogP contribution in [0.15, 0.2) is 0 Å². The quantitative estimate of drug-likeness (QED) is 0.183. The zero-order valence-electron chi connectivity index (χ0n) is 25.8. The lowest BCUT2D eigenvalue weighted by molar-refractivity contribution is -0.178. The molecule has 41 heavy (non-hydrogen) atoms. The van der Waals surface area contributed by atoms with Gasteiger partial charge in [0.05, 0.1) is 31.4 Å². The number of amides is 3. The summed E-state index contributed by atoms with van der Waals surface area (Å²) in [6.07, 6.45) is -0.809. The highest BCUT2D eigenvalue weighted by atomic mass is 127. The van der Waals surface area contributed by atoms with Crippen LogP contribution in [0.2, 0.25) is 0 Å². The molecule has 0 atom stereocenters. The number of halogens is 4. The first-order valence-corrected chi connectivity index (χ1v) is 12.8. The van der Waals surface area contributed by atoms with E-state index in [1.165, 1.54) is 22.0 Å². The first-order valence-electron chi connectivity index (χ1n) is 11.7. The maximum Gasteiger partial charge on any atom is 0.410 e. The maximum absolute atomic E-state index is 11.6. The van der Waals surface area contributed by atoms with Gasteiger partial charge in [-0.25, -0.2) is 20.1 Å². The van der Waals surface area contributed by atoms with Gasteiger partial charge in [0.15, 0.2) is 0 Å². The van der Waals surface area contributed by atoms with Crippen molar-refractivity contribution in [3.05, 3.63) is 7.43 Å². The summed E-state index contributed by atoms with van der Waals surface area (Å²) >= 11 is 9.53. The van der Waals surface area contributed by atoms with Crippen molar-refractivity contribution in [2.75, 3.05) is 59.8 Å². The zero-order valence-corrected chi connectivity index (χ0v) is 30.3. The molecule has 2 aliphatic rings. The van der Waals surface area contributed by atoms with Crippen LogP contribution in [0.3, 0.4) is 0 Å². The fourth-order valence-corrected chi connectivity index (χ4v) is 2.57. The van der Waals surface area contributed by atoms with Gasteiger partial charge in [-0.3, -0.25) is 14.4 Å². The lowest BCUT2D eigenvalue weighted by atomic mass is 10.00. The number of carboxylic acid groups (broad SMARTS) is 1. The molecule has 2 heterocycles. The van der Waals surface area contributed by atoms with Crippen LogP contribution in [0.5, 0.6) is 0 Å². The summed E-state index contributed by atoms with van der Waals surface area (Å²) in [4.78, 5) is 57.0. The number of nitrogens with one attached hydrogen (secondary N) is 1. The highest BCUT2D eigenvalue weighted by molar-refractivity contribution is 6.40. The number of ether oxygens (including phenoxy) is 2. The Morgan fingerprint density at radius 2 is 1.17 bits per heavy atom. The van der Waals surface area contributed by atoms with E-state index in [0.717, 1.165) is 0 Å². The van der Waals surface area contributed by atoms with Crippen LogP contribution in [0.4, 0.5) is 9.59 Å². The number of carboxylic acids is 1. The third kappa shape index (κ3) is 23.1. The van der Waals surface area contributed by atoms with E-state index in [-0.39, 0.29) is 80.2 Å². The Morgan fingerprint density at radius 1 is 0.878 bits per heavy atom. The summed E-state index contributed by atoms with van der Waals surface area (Å²) in [5.74, 6) is -1.59. The Balaban J connectivity index is -0.000000163. The van der Waals surface area contributed by atoms with E-state index >= 15 is 0 Å². The lowest BCUT2D eigenvalue weighted by Gasteiger charge is -2.39. The van der Waals surface area contributed by atoms with Crippen molar-refractivity contribution < 1.29 is 67.4 Å². The van der Waals surface area contributed by atoms with E-state index in [2.05, 4.69) is 10.3 Å². The van der Waals surface area contributed by atoms with Crippen molar-refractivity contribution in [2.45, 2.75) is 52.7 Å². The van der Waals surface area contributed by atoms with Gasteiger partial charge in [-0.1, -0.05) is 0 Å². The van der Waals surface area contributed by atoms with Gasteiger partial charge in [-0.2, -0.15) is 0 Å². The number of hydroxylamine groups is 3. The molecule has 3 amide bonds. The maximum atomic E-state index is 11.6. The topological polar surface area (TPSA) is 147 Å². The van der Waals surface area contributed by atoms with Crippen LogP contribution in [-0.4, -0.2) is 115 Å². The normalized spacial score (nSPS) is 14.0. The molecule has 2 saturated heterocycles. The Bertz CT molecular complexity index is 743. The largest absolute Gasteiger partial charge is 1.00 e. The van der Waals surface area contributed by atoms with Crippen molar-refractivity contribution >= 4 is 59.7 Å². The second kappa shape index (κ2) is 24.4. The summed E-state index contributed by atoms with van der Waals surface area (Å²) in [5.41, 5.74) is 1.40. The first-order chi connectivity index (χ1) is 17.4. The van der Waals surface area contributed by atoms with Crippen molar-refractivity contribution in [2.24, 2.45) is 11.8 Å². The number of likely N-dealkylation sites (tertiary alicyclic amines) is 2. The smallest absolute Gasteiger partial charge is 0.410 e. The predicted molar refractivity (Wildman–Crippen MR) is 156 cm³/mol. The minimum Gasteiger partial charge on any atom is -1.00 e. The van der Waals surface area contributed by atoms with E-state index in [0.29, 0.717) is 13.1 Å². The highest BCUT2D eigenvalue weighted by Gasteiger charge is 2.39. The monoisotopic (exact) mass is 768 g/mol. The van der Waals surface area contributed by atoms with E-state index in [1.54, 1.807) is 42.0 Å². The number of hydrogen-bond donors (Lipinski definition) is 2. The van der Waals surface area contributed by atoms with Gasteiger partial charge in [0.1, 0.15) is 11.2 Å². The molecule has 13 nitrogen and oxygen atoms in total. The van der Waals surface area contributed by atoms with E-state index in [1.807, 2.05) is 20.8 Å². The zero-order chi connectivity index (χ0) is 30.3. The molecule has 248 valence electrons. The second-order valence-corrected chi connectivity index (χ2v) is 10.8. The molecule has 0 bridgehead atoms. The highest BCUT2D eigenvalue weighted by Crippen LogP contribution is 2.21. The molecule has 0 aromatic rings. The molecule has 2 N–H and O–H groups in total. The van der Waals surface area contributed by atoms with Crippen LogP contribution in [-0.2, 0) is 28.7 Å². The molecule has 2 fully saturated rings.